The van der Waals surface area contributed by atoms with E-state index < -0.39 is 11.1 Å². The number of carbonyl (C=O) groups excluding carboxylic acids is 2. The third-order valence-electron chi connectivity index (χ3n) is 5.48. The molecule has 2 heterocycles. The fourth-order valence-electron chi connectivity index (χ4n) is 3.51. The number of ether oxygens (including phenoxy) is 2. The molecule has 36 heavy (non-hydrogen) atoms. The average Bonchev–Trinajstić information content (AvgIpc) is 3.40. The van der Waals surface area contributed by atoms with Gasteiger partial charge in [-0.1, -0.05) is 29.3 Å². The van der Waals surface area contributed by atoms with Gasteiger partial charge in [0, 0.05) is 21.7 Å². The molecule has 2 amide bonds. The number of benzene rings is 3. The molecule has 1 N–H and O–H groups in total. The minimum Gasteiger partial charge on any atom is -0.507 e. The Morgan fingerprint density at radius 3 is 2.44 bits per heavy atom. The molecule has 0 atom stereocenters. The summed E-state index contributed by atoms with van der Waals surface area (Å²) in [6, 6.07) is 13.2. The molecule has 1 saturated heterocycles. The molecule has 0 bridgehead atoms. The second-order valence-electron chi connectivity index (χ2n) is 7.94. The maximum Gasteiger partial charge on any atom is 0.293 e. The summed E-state index contributed by atoms with van der Waals surface area (Å²) in [5.41, 5.74) is 2.81. The third-order valence-corrected chi connectivity index (χ3v) is 7.14. The van der Waals surface area contributed by atoms with Crippen molar-refractivity contribution in [1.29, 1.82) is 0 Å². The Morgan fingerprint density at radius 2 is 1.69 bits per heavy atom. The van der Waals surface area contributed by atoms with Crippen molar-refractivity contribution in [2.45, 2.75) is 13.5 Å². The molecule has 0 aromatic heterocycles. The third kappa shape index (κ3) is 4.90. The summed E-state index contributed by atoms with van der Waals surface area (Å²) >= 11 is 13.2. The number of nitrogens with zero attached hydrogens (tertiary/aromatic N) is 3. The fourth-order valence-corrected chi connectivity index (χ4v) is 4.72. The van der Waals surface area contributed by atoms with Crippen LogP contribution in [0.4, 0.5) is 16.2 Å². The van der Waals surface area contributed by atoms with Gasteiger partial charge in [-0.3, -0.25) is 14.5 Å². The number of thioether (sulfide) groups is 1. The number of amides is 2. The molecular weight excluding hydrogens is 525 g/mol. The van der Waals surface area contributed by atoms with E-state index in [-0.39, 0.29) is 24.0 Å². The molecule has 0 radical (unpaired) electrons. The molecule has 2 aliphatic rings. The van der Waals surface area contributed by atoms with Crippen molar-refractivity contribution in [2.24, 2.45) is 10.2 Å². The highest BCUT2D eigenvalue weighted by Crippen LogP contribution is 2.40. The van der Waals surface area contributed by atoms with Crippen molar-refractivity contribution in [3.8, 4) is 17.2 Å². The van der Waals surface area contributed by atoms with Gasteiger partial charge in [-0.2, -0.15) is 10.2 Å². The highest BCUT2D eigenvalue weighted by molar-refractivity contribution is 8.18. The van der Waals surface area contributed by atoms with Crippen LogP contribution in [0.1, 0.15) is 16.7 Å². The van der Waals surface area contributed by atoms with Crippen LogP contribution in [0, 0.1) is 6.92 Å². The predicted octanol–water partition coefficient (Wildman–Crippen LogP) is 7.39. The summed E-state index contributed by atoms with van der Waals surface area (Å²) in [5.74, 6) is 0.439. The van der Waals surface area contributed by atoms with Crippen LogP contribution in [0.2, 0.25) is 10.0 Å². The van der Waals surface area contributed by atoms with Gasteiger partial charge in [0.05, 0.1) is 22.8 Å². The first-order valence-electron chi connectivity index (χ1n) is 10.6. The summed E-state index contributed by atoms with van der Waals surface area (Å²) < 4.78 is 10.7. The van der Waals surface area contributed by atoms with E-state index in [0.29, 0.717) is 44.0 Å². The molecule has 5 rings (SSSR count). The SMILES string of the molecule is Cc1ccc(N=Nc2ccc(O)c(/C=C3\SC(=O)N(Cc4cc5c(cc4Cl)OCO5)C3=O)c2)cc1Cl. The number of aromatic hydroxyl groups is 1. The average molecular weight is 542 g/mol. The fraction of sp³-hybridized carbons (Fsp3) is 0.120. The van der Waals surface area contributed by atoms with E-state index in [2.05, 4.69) is 10.2 Å². The molecule has 11 heteroatoms. The van der Waals surface area contributed by atoms with Gasteiger partial charge in [0.25, 0.3) is 11.1 Å². The number of imide groups is 1. The standard InChI is InChI=1S/C25H17Cl2N3O5S/c1-13-2-3-17(9-18(13)26)29-28-16-4-5-20(31)14(6-16)8-23-24(32)30(25(33)36-23)11-15-7-21-22(10-19(15)27)35-12-34-21/h2-10,31H,11-12H2,1H3/b23-8-,29-28?. The first kappa shape index (κ1) is 24.2. The lowest BCUT2D eigenvalue weighted by molar-refractivity contribution is -0.123. The Morgan fingerprint density at radius 1 is 1.00 bits per heavy atom. The molecule has 0 aliphatic carbocycles. The van der Waals surface area contributed by atoms with Crippen molar-refractivity contribution >= 4 is 63.6 Å². The van der Waals surface area contributed by atoms with Crippen molar-refractivity contribution in [3.05, 3.63) is 80.2 Å². The molecule has 0 unspecified atom stereocenters. The first-order valence-corrected chi connectivity index (χ1v) is 12.2. The van der Waals surface area contributed by atoms with Gasteiger partial charge in [-0.05, 0) is 72.3 Å². The molecule has 182 valence electrons. The van der Waals surface area contributed by atoms with Crippen LogP contribution >= 0.6 is 35.0 Å². The Bertz CT molecular complexity index is 1470. The quantitative estimate of drug-likeness (QED) is 0.267. The smallest absolute Gasteiger partial charge is 0.293 e. The lowest BCUT2D eigenvalue weighted by Gasteiger charge is -2.14. The number of rotatable bonds is 5. The molecular formula is C25H17Cl2N3O5S. The molecule has 0 saturated carbocycles. The van der Waals surface area contributed by atoms with E-state index in [1.807, 2.05) is 13.0 Å². The number of phenols is 1. The van der Waals surface area contributed by atoms with Crippen LogP contribution in [0.25, 0.3) is 6.08 Å². The second kappa shape index (κ2) is 9.85. The van der Waals surface area contributed by atoms with Gasteiger partial charge in [-0.25, -0.2) is 0 Å². The molecule has 2 aliphatic heterocycles. The molecule has 1 fully saturated rings. The number of aryl methyl sites for hydroxylation is 1. The van der Waals surface area contributed by atoms with Gasteiger partial charge < -0.3 is 14.6 Å². The Hall–Kier alpha value is -3.53. The Kier molecular flexibility index (Phi) is 6.61. The zero-order chi connectivity index (χ0) is 25.4. The molecule has 3 aromatic rings. The second-order valence-corrected chi connectivity index (χ2v) is 9.75. The van der Waals surface area contributed by atoms with E-state index >= 15 is 0 Å². The summed E-state index contributed by atoms with van der Waals surface area (Å²) in [6.07, 6.45) is 1.45. The lowest BCUT2D eigenvalue weighted by atomic mass is 10.1. The molecule has 3 aromatic carbocycles. The number of halogens is 2. The minimum atomic E-state index is -0.500. The minimum absolute atomic E-state index is 0.0309. The highest BCUT2D eigenvalue weighted by atomic mass is 35.5. The number of hydrogen-bond acceptors (Lipinski definition) is 8. The van der Waals surface area contributed by atoms with E-state index in [1.54, 1.807) is 36.4 Å². The highest BCUT2D eigenvalue weighted by Gasteiger charge is 2.36. The number of phenolic OH excluding ortho intramolecular Hbond substituents is 1. The van der Waals surface area contributed by atoms with Crippen LogP contribution in [0.15, 0.2) is 63.7 Å². The Balaban J connectivity index is 1.36. The maximum absolute atomic E-state index is 13.0. The van der Waals surface area contributed by atoms with Gasteiger partial charge in [0.1, 0.15) is 5.75 Å². The van der Waals surface area contributed by atoms with Gasteiger partial charge >= 0.3 is 0 Å². The first-order chi connectivity index (χ1) is 17.3. The Labute approximate surface area is 220 Å². The topological polar surface area (TPSA) is 101 Å². The summed E-state index contributed by atoms with van der Waals surface area (Å²) in [7, 11) is 0. The van der Waals surface area contributed by atoms with Crippen LogP contribution in [-0.4, -0.2) is 27.9 Å². The van der Waals surface area contributed by atoms with Crippen molar-refractivity contribution < 1.29 is 24.2 Å². The number of hydrogen-bond donors (Lipinski definition) is 1. The normalized spacial score (nSPS) is 16.1. The van der Waals surface area contributed by atoms with E-state index in [4.69, 9.17) is 32.7 Å². The zero-order valence-corrected chi connectivity index (χ0v) is 21.0. The summed E-state index contributed by atoms with van der Waals surface area (Å²) in [5, 5.41) is 19.2. The van der Waals surface area contributed by atoms with Crippen molar-refractivity contribution in [3.63, 3.8) is 0 Å². The van der Waals surface area contributed by atoms with Crippen molar-refractivity contribution in [1.82, 2.24) is 4.90 Å². The van der Waals surface area contributed by atoms with Crippen LogP contribution in [0.5, 0.6) is 17.2 Å². The maximum atomic E-state index is 13.0. The summed E-state index contributed by atoms with van der Waals surface area (Å²) in [6.45, 7) is 1.94. The molecule has 8 nitrogen and oxygen atoms in total. The van der Waals surface area contributed by atoms with E-state index in [1.165, 1.54) is 12.1 Å². The number of carbonyl (C=O) groups is 2. The van der Waals surface area contributed by atoms with E-state index in [0.717, 1.165) is 22.2 Å². The van der Waals surface area contributed by atoms with Crippen LogP contribution in [0.3, 0.4) is 0 Å². The van der Waals surface area contributed by atoms with Crippen LogP contribution in [-0.2, 0) is 11.3 Å². The largest absolute Gasteiger partial charge is 0.507 e. The monoisotopic (exact) mass is 541 g/mol. The zero-order valence-electron chi connectivity index (χ0n) is 18.7. The van der Waals surface area contributed by atoms with Crippen LogP contribution < -0.4 is 9.47 Å². The van der Waals surface area contributed by atoms with Crippen molar-refractivity contribution in [2.75, 3.05) is 6.79 Å². The predicted molar refractivity (Wildman–Crippen MR) is 138 cm³/mol. The lowest BCUT2D eigenvalue weighted by Crippen LogP contribution is -2.27. The summed E-state index contributed by atoms with van der Waals surface area (Å²) in [4.78, 5) is 26.9. The van der Waals surface area contributed by atoms with Gasteiger partial charge in [-0.15, -0.1) is 0 Å². The van der Waals surface area contributed by atoms with Gasteiger partial charge in [0.2, 0.25) is 6.79 Å². The van der Waals surface area contributed by atoms with E-state index in [9.17, 15) is 14.7 Å². The molecule has 0 spiro atoms. The van der Waals surface area contributed by atoms with Gasteiger partial charge in [0.15, 0.2) is 11.5 Å². The number of fused-ring (bicyclic) bond motifs is 1. The number of azo groups is 1.